The topological polar surface area (TPSA) is 71.4 Å². The number of unbranched alkanes of at least 4 members (excludes halogenated alkanes) is 1. The molecule has 0 radical (unpaired) electrons. The van der Waals surface area contributed by atoms with Crippen molar-refractivity contribution in [3.63, 3.8) is 0 Å². The molecule has 0 fully saturated rings. The maximum atomic E-state index is 14.2. The van der Waals surface area contributed by atoms with Gasteiger partial charge in [0.15, 0.2) is 11.1 Å². The van der Waals surface area contributed by atoms with Crippen molar-refractivity contribution < 1.29 is 19.1 Å². The number of aryl methyl sites for hydroxylation is 2. The Kier molecular flexibility index (Phi) is 10.1. The molecule has 3 aromatic carbocycles. The van der Waals surface area contributed by atoms with Gasteiger partial charge in [-0.1, -0.05) is 60.3 Å². The van der Waals surface area contributed by atoms with Gasteiger partial charge in [-0.05, 0) is 67.8 Å². The number of carbonyl (C=O) groups excluding carboxylic acids is 2. The first-order chi connectivity index (χ1) is 19.5. The van der Waals surface area contributed by atoms with Crippen LogP contribution in [-0.2, 0) is 9.59 Å². The molecular weight excluding hydrogens is 605 g/mol. The highest BCUT2D eigenvalue weighted by Gasteiger charge is 2.44. The normalized spacial score (nSPS) is 14.7. The van der Waals surface area contributed by atoms with E-state index in [0.29, 0.717) is 28.8 Å². The molecule has 2 amide bonds. The van der Waals surface area contributed by atoms with E-state index in [4.69, 9.17) is 44.3 Å². The molecule has 0 N–H and O–H groups in total. The van der Waals surface area contributed by atoms with E-state index >= 15 is 0 Å². The number of rotatable bonds is 9. The maximum Gasteiger partial charge on any atom is 0.268 e. The van der Waals surface area contributed by atoms with Crippen LogP contribution in [0, 0.1) is 13.8 Å². The molecule has 11 heteroatoms. The van der Waals surface area contributed by atoms with Crippen molar-refractivity contribution in [2.24, 2.45) is 5.10 Å². The molecule has 3 aromatic rings. The number of methoxy groups -OCH3 is 1. The summed E-state index contributed by atoms with van der Waals surface area (Å²) < 4.78 is 11.7. The van der Waals surface area contributed by atoms with Gasteiger partial charge in [0.25, 0.3) is 5.91 Å². The summed E-state index contributed by atoms with van der Waals surface area (Å²) in [6, 6.07) is 14.2. The monoisotopic (exact) mass is 633 g/mol. The zero-order chi connectivity index (χ0) is 29.8. The molecule has 1 atom stereocenters. The van der Waals surface area contributed by atoms with E-state index in [2.05, 4.69) is 12.0 Å². The predicted octanol–water partition coefficient (Wildman–Crippen LogP) is 8.33. The number of amidine groups is 1. The van der Waals surface area contributed by atoms with E-state index in [9.17, 15) is 9.59 Å². The molecule has 1 aliphatic rings. The minimum absolute atomic E-state index is 0.145. The van der Waals surface area contributed by atoms with Crippen molar-refractivity contribution in [2.75, 3.05) is 23.6 Å². The minimum atomic E-state index is -0.956. The second-order valence-corrected chi connectivity index (χ2v) is 11.9. The number of halogens is 3. The van der Waals surface area contributed by atoms with Crippen LogP contribution in [0.5, 0.6) is 11.5 Å². The number of thioether (sulfide) groups is 1. The molecule has 0 aromatic heterocycles. The highest BCUT2D eigenvalue weighted by molar-refractivity contribution is 8.01. The van der Waals surface area contributed by atoms with Crippen LogP contribution in [0.4, 0.5) is 11.4 Å². The van der Waals surface area contributed by atoms with E-state index in [1.165, 1.54) is 42.8 Å². The van der Waals surface area contributed by atoms with Crippen LogP contribution in [0.25, 0.3) is 0 Å². The number of hydrogen-bond donors (Lipinski definition) is 0. The van der Waals surface area contributed by atoms with Crippen LogP contribution in [0.15, 0.2) is 58.5 Å². The average molecular weight is 635 g/mol. The lowest BCUT2D eigenvalue weighted by molar-refractivity contribution is -0.116. The molecule has 1 heterocycles. The second-order valence-electron chi connectivity index (χ2n) is 9.51. The van der Waals surface area contributed by atoms with Gasteiger partial charge in [-0.2, -0.15) is 5.01 Å². The summed E-state index contributed by atoms with van der Waals surface area (Å²) >= 11 is 20.4. The first-order valence-corrected chi connectivity index (χ1v) is 15.0. The predicted molar refractivity (Wildman–Crippen MR) is 169 cm³/mol. The fourth-order valence-electron chi connectivity index (χ4n) is 4.30. The zero-order valence-corrected chi connectivity index (χ0v) is 26.4. The lowest BCUT2D eigenvalue weighted by Gasteiger charge is -2.25. The van der Waals surface area contributed by atoms with Crippen LogP contribution in [0.2, 0.25) is 15.1 Å². The SMILES string of the molecule is CCCCOc1ccc(C)cc1SC1C(=O)N(c2c(Cl)cc(Cl)cc2Cl)N=C1N(C(C)=O)c1cc(C)ccc1OC. The Balaban J connectivity index is 1.89. The third-order valence-electron chi connectivity index (χ3n) is 6.28. The summed E-state index contributed by atoms with van der Waals surface area (Å²) in [6.45, 7) is 7.90. The van der Waals surface area contributed by atoms with Gasteiger partial charge < -0.3 is 9.47 Å². The molecule has 0 bridgehead atoms. The Morgan fingerprint density at radius 2 is 1.66 bits per heavy atom. The number of hydrazone groups is 1. The largest absolute Gasteiger partial charge is 0.495 e. The molecule has 0 spiro atoms. The Morgan fingerprint density at radius 3 is 2.27 bits per heavy atom. The van der Waals surface area contributed by atoms with Gasteiger partial charge >= 0.3 is 0 Å². The van der Waals surface area contributed by atoms with Crippen LogP contribution in [0.1, 0.15) is 37.8 Å². The van der Waals surface area contributed by atoms with Gasteiger partial charge in [-0.15, -0.1) is 16.9 Å². The number of hydrogen-bond acceptors (Lipinski definition) is 6. The molecular formula is C30H30Cl3N3O4S. The fraction of sp³-hybridized carbons (Fsp3) is 0.300. The third kappa shape index (κ3) is 6.78. The summed E-state index contributed by atoms with van der Waals surface area (Å²) in [6.07, 6.45) is 1.87. The summed E-state index contributed by atoms with van der Waals surface area (Å²) in [5.74, 6) is 0.480. The van der Waals surface area contributed by atoms with Crippen molar-refractivity contribution in [3.8, 4) is 11.5 Å². The lowest BCUT2D eigenvalue weighted by atomic mass is 10.1. The summed E-state index contributed by atoms with van der Waals surface area (Å²) in [4.78, 5) is 29.6. The third-order valence-corrected chi connectivity index (χ3v) is 8.30. The number of amides is 2. The maximum absolute atomic E-state index is 14.2. The van der Waals surface area contributed by atoms with Gasteiger partial charge in [0, 0.05) is 11.9 Å². The van der Waals surface area contributed by atoms with Gasteiger partial charge in [0.2, 0.25) is 5.91 Å². The van der Waals surface area contributed by atoms with E-state index in [1.54, 1.807) is 6.07 Å². The van der Waals surface area contributed by atoms with E-state index in [1.807, 2.05) is 44.2 Å². The van der Waals surface area contributed by atoms with Crippen molar-refractivity contribution >= 4 is 75.6 Å². The van der Waals surface area contributed by atoms with E-state index in [-0.39, 0.29) is 27.5 Å². The van der Waals surface area contributed by atoms with Crippen LogP contribution >= 0.6 is 46.6 Å². The molecule has 1 aliphatic heterocycles. The average Bonchev–Trinajstić information content (AvgIpc) is 3.20. The Labute approximate surface area is 259 Å². The lowest BCUT2D eigenvalue weighted by Crippen LogP contribution is -2.42. The summed E-state index contributed by atoms with van der Waals surface area (Å²) in [7, 11) is 1.52. The molecule has 4 rings (SSSR count). The minimum Gasteiger partial charge on any atom is -0.495 e. The molecule has 0 saturated carbocycles. The Bertz CT molecular complexity index is 1490. The van der Waals surface area contributed by atoms with E-state index < -0.39 is 11.2 Å². The molecule has 0 saturated heterocycles. The fourth-order valence-corrected chi connectivity index (χ4v) is 6.48. The number of benzene rings is 3. The zero-order valence-electron chi connectivity index (χ0n) is 23.3. The molecule has 0 aliphatic carbocycles. The van der Waals surface area contributed by atoms with Crippen molar-refractivity contribution in [3.05, 3.63) is 74.7 Å². The molecule has 41 heavy (non-hydrogen) atoms. The van der Waals surface area contributed by atoms with Gasteiger partial charge in [-0.3, -0.25) is 14.5 Å². The van der Waals surface area contributed by atoms with Crippen LogP contribution in [-0.4, -0.2) is 36.6 Å². The highest BCUT2D eigenvalue weighted by atomic mass is 35.5. The smallest absolute Gasteiger partial charge is 0.268 e. The van der Waals surface area contributed by atoms with E-state index in [0.717, 1.165) is 33.9 Å². The number of carbonyl (C=O) groups is 2. The number of nitrogens with zero attached hydrogens (tertiary/aromatic N) is 3. The quantitative estimate of drug-likeness (QED) is 0.221. The standard InChI is InChI=1S/C30H30Cl3N3O4S/c1-6-7-12-40-25-11-9-18(3)14-26(25)41-28-29(35(19(4)37)23-13-17(2)8-10-24(23)39-5)34-36(30(28)38)27-21(32)15-20(31)16-22(27)33/h8-11,13-16,28H,6-7,12H2,1-5H3. The van der Waals surface area contributed by atoms with Crippen molar-refractivity contribution in [2.45, 2.75) is 50.7 Å². The second kappa shape index (κ2) is 13.4. The van der Waals surface area contributed by atoms with Crippen LogP contribution in [0.3, 0.4) is 0 Å². The first-order valence-electron chi connectivity index (χ1n) is 13.0. The van der Waals surface area contributed by atoms with Crippen molar-refractivity contribution in [1.82, 2.24) is 0 Å². The Morgan fingerprint density at radius 1 is 1.02 bits per heavy atom. The molecule has 7 nitrogen and oxygen atoms in total. The van der Waals surface area contributed by atoms with Crippen molar-refractivity contribution in [1.29, 1.82) is 0 Å². The van der Waals surface area contributed by atoms with Gasteiger partial charge in [-0.25, -0.2) is 0 Å². The Hall–Kier alpha value is -2.91. The highest BCUT2D eigenvalue weighted by Crippen LogP contribution is 2.44. The van der Waals surface area contributed by atoms with Crippen LogP contribution < -0.4 is 19.4 Å². The van der Waals surface area contributed by atoms with Gasteiger partial charge in [0.05, 0.1) is 34.3 Å². The van der Waals surface area contributed by atoms with Gasteiger partial charge in [0.1, 0.15) is 17.2 Å². The summed E-state index contributed by atoms with van der Waals surface area (Å²) in [5.41, 5.74) is 2.51. The number of ether oxygens (including phenoxy) is 2. The first kappa shape index (κ1) is 31.0. The summed E-state index contributed by atoms with van der Waals surface area (Å²) in [5, 5.41) is 5.46. The number of anilines is 2. The molecule has 216 valence electrons. The molecule has 1 unspecified atom stereocenters.